The van der Waals surface area contributed by atoms with Crippen molar-refractivity contribution >= 4 is 5.65 Å². The molecule has 150 valence electrons. The number of aromatic nitrogens is 6. The van der Waals surface area contributed by atoms with Gasteiger partial charge in [0.1, 0.15) is 11.5 Å². The quantitative estimate of drug-likeness (QED) is 0.489. The zero-order valence-corrected chi connectivity index (χ0v) is 15.7. The average Bonchev–Trinajstić information content (AvgIpc) is 3.21. The number of aryl methyl sites for hydroxylation is 1. The normalized spacial score (nSPS) is 19.0. The summed E-state index contributed by atoms with van der Waals surface area (Å²) in [5, 5.41) is 4.19. The van der Waals surface area contributed by atoms with Gasteiger partial charge in [-0.2, -0.15) is 5.10 Å². The minimum absolute atomic E-state index is 0.0675. The van der Waals surface area contributed by atoms with E-state index in [1.807, 2.05) is 29.8 Å². The summed E-state index contributed by atoms with van der Waals surface area (Å²) in [6, 6.07) is 3.12. The molecule has 0 N–H and O–H groups in total. The maximum Gasteiger partial charge on any atom is 0.253 e. The summed E-state index contributed by atoms with van der Waals surface area (Å²) >= 11 is 0. The van der Waals surface area contributed by atoms with Gasteiger partial charge < -0.3 is 4.57 Å². The molecule has 2 atom stereocenters. The maximum atomic E-state index is 13.6. The Bertz CT molecular complexity index is 1170. The third-order valence-electron chi connectivity index (χ3n) is 5.49. The first-order chi connectivity index (χ1) is 14.0. The van der Waals surface area contributed by atoms with Gasteiger partial charge in [-0.3, -0.25) is 13.5 Å². The second kappa shape index (κ2) is 6.47. The molecule has 0 amide bonds. The monoisotopic (exact) mass is 400 g/mol. The molecule has 29 heavy (non-hydrogen) atoms. The Morgan fingerprint density at radius 3 is 2.76 bits per heavy atom. The van der Waals surface area contributed by atoms with Crippen LogP contribution in [0.3, 0.4) is 0 Å². The van der Waals surface area contributed by atoms with Crippen LogP contribution in [0.25, 0.3) is 28.3 Å². The van der Waals surface area contributed by atoms with E-state index in [0.717, 1.165) is 16.8 Å². The lowest BCUT2D eigenvalue weighted by Gasteiger charge is -2.17. The van der Waals surface area contributed by atoms with Crippen molar-refractivity contribution in [2.24, 2.45) is 13.0 Å². The number of hydrogen-bond acceptors (Lipinski definition) is 3. The number of alkyl halides is 3. The first kappa shape index (κ1) is 18.0. The number of rotatable bonds is 6. The second-order valence-corrected chi connectivity index (χ2v) is 7.49. The molecule has 0 radical (unpaired) electrons. The smallest absolute Gasteiger partial charge is 0.253 e. The lowest BCUT2D eigenvalue weighted by Crippen LogP contribution is -2.14. The van der Waals surface area contributed by atoms with Crippen LogP contribution in [0.2, 0.25) is 0 Å². The van der Waals surface area contributed by atoms with E-state index < -0.39 is 24.6 Å². The summed E-state index contributed by atoms with van der Waals surface area (Å²) in [5.74, 6) is -2.89. The predicted molar refractivity (Wildman–Crippen MR) is 101 cm³/mol. The van der Waals surface area contributed by atoms with E-state index in [1.165, 1.54) is 0 Å². The second-order valence-electron chi connectivity index (χ2n) is 7.49. The molecule has 1 saturated carbocycles. The number of hydrogen-bond donors (Lipinski definition) is 0. The molecule has 0 saturated heterocycles. The summed E-state index contributed by atoms with van der Waals surface area (Å²) in [7, 11) is 1.83. The van der Waals surface area contributed by atoms with Gasteiger partial charge in [-0.15, -0.1) is 0 Å². The van der Waals surface area contributed by atoms with Crippen LogP contribution in [0.1, 0.15) is 18.9 Å². The lowest BCUT2D eigenvalue weighted by atomic mass is 10.1. The summed E-state index contributed by atoms with van der Waals surface area (Å²) in [6.45, 7) is -0.634. The van der Waals surface area contributed by atoms with Crippen molar-refractivity contribution in [2.45, 2.75) is 24.8 Å². The molecule has 9 heteroatoms. The topological polar surface area (TPSA) is 52.9 Å². The highest BCUT2D eigenvalue weighted by atomic mass is 19.3. The van der Waals surface area contributed by atoms with Crippen molar-refractivity contribution in [1.82, 2.24) is 28.7 Å². The molecule has 1 aliphatic carbocycles. The number of imidazole rings is 1. The van der Waals surface area contributed by atoms with Gasteiger partial charge in [0.05, 0.1) is 18.6 Å². The van der Waals surface area contributed by atoms with Gasteiger partial charge in [0, 0.05) is 73.6 Å². The average molecular weight is 400 g/mol. The molecular formula is C20H19F3N6. The minimum atomic E-state index is -2.71. The summed E-state index contributed by atoms with van der Waals surface area (Å²) in [4.78, 5) is 9.14. The van der Waals surface area contributed by atoms with Crippen molar-refractivity contribution in [3.8, 4) is 22.6 Å². The zero-order chi connectivity index (χ0) is 20.2. The SMILES string of the molecule is Cn1cc(-c2cc3nccn3c(-c3ccn(C(CCF)C4CC4(F)F)c3)n2)cn1. The molecule has 4 aromatic heterocycles. The molecule has 0 aliphatic heterocycles. The van der Waals surface area contributed by atoms with E-state index >= 15 is 0 Å². The Kier molecular flexibility index (Phi) is 4.01. The Morgan fingerprint density at radius 1 is 1.24 bits per heavy atom. The first-order valence-electron chi connectivity index (χ1n) is 9.41. The van der Waals surface area contributed by atoms with Crippen molar-refractivity contribution in [1.29, 1.82) is 0 Å². The standard InChI is InChI=1S/C20H19F3N6/c1-27-11-14(10-25-27)16-8-18-24-5-7-29(18)19(26-16)13-3-6-28(12-13)17(2-4-21)15-9-20(15,22)23/h3,5-8,10-12,15,17H,2,4,9H2,1H3. The Hall–Kier alpha value is -3.10. The number of halogens is 3. The van der Waals surface area contributed by atoms with Crippen LogP contribution in [0.4, 0.5) is 13.2 Å². The Labute approximate surface area is 164 Å². The third kappa shape index (κ3) is 3.10. The van der Waals surface area contributed by atoms with Gasteiger partial charge in [-0.25, -0.2) is 18.7 Å². The predicted octanol–water partition coefficient (Wildman–Crippen LogP) is 4.15. The van der Waals surface area contributed by atoms with E-state index in [0.29, 0.717) is 11.5 Å². The van der Waals surface area contributed by atoms with Gasteiger partial charge in [0.2, 0.25) is 0 Å². The van der Waals surface area contributed by atoms with Gasteiger partial charge in [-0.05, 0) is 12.5 Å². The lowest BCUT2D eigenvalue weighted by molar-refractivity contribution is 0.0836. The van der Waals surface area contributed by atoms with E-state index in [-0.39, 0.29) is 12.8 Å². The molecular weight excluding hydrogens is 381 g/mol. The van der Waals surface area contributed by atoms with Crippen molar-refractivity contribution in [2.75, 3.05) is 6.67 Å². The highest BCUT2D eigenvalue weighted by molar-refractivity contribution is 5.68. The highest BCUT2D eigenvalue weighted by Gasteiger charge is 2.60. The van der Waals surface area contributed by atoms with Crippen LogP contribution in [0, 0.1) is 5.92 Å². The van der Waals surface area contributed by atoms with Gasteiger partial charge in [0.15, 0.2) is 0 Å². The van der Waals surface area contributed by atoms with Crippen molar-refractivity contribution in [3.05, 3.63) is 49.3 Å². The molecule has 2 unspecified atom stereocenters. The third-order valence-corrected chi connectivity index (χ3v) is 5.49. The van der Waals surface area contributed by atoms with Crippen LogP contribution in [-0.2, 0) is 7.05 Å². The molecule has 6 nitrogen and oxygen atoms in total. The minimum Gasteiger partial charge on any atom is -0.350 e. The molecule has 1 aliphatic rings. The van der Waals surface area contributed by atoms with E-state index in [1.54, 1.807) is 40.2 Å². The van der Waals surface area contributed by atoms with E-state index in [2.05, 4.69) is 10.1 Å². The first-order valence-corrected chi connectivity index (χ1v) is 9.41. The van der Waals surface area contributed by atoms with Crippen LogP contribution in [0.15, 0.2) is 49.3 Å². The van der Waals surface area contributed by atoms with Crippen molar-refractivity contribution in [3.63, 3.8) is 0 Å². The zero-order valence-electron chi connectivity index (χ0n) is 15.7. The number of nitrogens with zero attached hydrogens (tertiary/aromatic N) is 6. The van der Waals surface area contributed by atoms with Crippen molar-refractivity contribution < 1.29 is 13.2 Å². The van der Waals surface area contributed by atoms with Gasteiger partial charge in [0.25, 0.3) is 5.92 Å². The maximum absolute atomic E-state index is 13.6. The van der Waals surface area contributed by atoms with Crippen LogP contribution >= 0.6 is 0 Å². The summed E-state index contributed by atoms with van der Waals surface area (Å²) < 4.78 is 45.5. The van der Waals surface area contributed by atoms with E-state index in [9.17, 15) is 13.2 Å². The summed E-state index contributed by atoms with van der Waals surface area (Å²) in [6.07, 6.45) is 10.4. The molecule has 0 aromatic carbocycles. The highest BCUT2D eigenvalue weighted by Crippen LogP contribution is 2.55. The molecule has 4 heterocycles. The van der Waals surface area contributed by atoms with E-state index in [4.69, 9.17) is 4.98 Å². The molecule has 0 bridgehead atoms. The van der Waals surface area contributed by atoms with Gasteiger partial charge in [-0.1, -0.05) is 0 Å². The molecule has 5 rings (SSSR count). The Balaban J connectivity index is 1.57. The molecule has 0 spiro atoms. The Morgan fingerprint density at radius 2 is 2.07 bits per heavy atom. The van der Waals surface area contributed by atoms with Crippen LogP contribution in [0.5, 0.6) is 0 Å². The fraction of sp³-hybridized carbons (Fsp3) is 0.350. The van der Waals surface area contributed by atoms with Crippen LogP contribution < -0.4 is 0 Å². The summed E-state index contributed by atoms with van der Waals surface area (Å²) in [5.41, 5.74) is 3.04. The fourth-order valence-corrected chi connectivity index (χ4v) is 3.90. The fourth-order valence-electron chi connectivity index (χ4n) is 3.90. The number of fused-ring (bicyclic) bond motifs is 1. The molecule has 1 fully saturated rings. The molecule has 4 aromatic rings. The van der Waals surface area contributed by atoms with Gasteiger partial charge >= 0.3 is 0 Å². The largest absolute Gasteiger partial charge is 0.350 e. The van der Waals surface area contributed by atoms with Crippen LogP contribution in [-0.4, -0.2) is 41.3 Å².